The fraction of sp³-hybridized carbons (Fsp3) is 0.586. The van der Waals surface area contributed by atoms with Gasteiger partial charge < -0.3 is 24.1 Å². The van der Waals surface area contributed by atoms with Crippen LogP contribution in [-0.4, -0.2) is 58.5 Å². The van der Waals surface area contributed by atoms with Gasteiger partial charge in [0, 0.05) is 31.2 Å². The third-order valence-electron chi connectivity index (χ3n) is 7.92. The number of carbonyl (C=O) groups excluding carboxylic acids is 3. The van der Waals surface area contributed by atoms with Crippen molar-refractivity contribution in [2.75, 3.05) is 13.2 Å². The Bertz CT molecular complexity index is 1240. The largest absolute Gasteiger partial charge is 0.488 e. The molecule has 3 heterocycles. The van der Waals surface area contributed by atoms with Crippen molar-refractivity contribution in [3.05, 3.63) is 36.2 Å². The maximum absolute atomic E-state index is 13.7. The number of nitrogens with one attached hydrogen (secondary N) is 1. The highest BCUT2D eigenvalue weighted by Gasteiger charge is 2.62. The average molecular weight is 524 g/mol. The lowest BCUT2D eigenvalue weighted by molar-refractivity contribution is -0.150. The van der Waals surface area contributed by atoms with Crippen LogP contribution in [0.2, 0.25) is 0 Å². The van der Waals surface area contributed by atoms with Crippen LogP contribution in [0, 0.1) is 18.8 Å². The van der Waals surface area contributed by atoms with E-state index in [0.29, 0.717) is 42.1 Å². The number of oxazole rings is 1. The molecule has 3 aliphatic rings. The summed E-state index contributed by atoms with van der Waals surface area (Å²) in [5, 5.41) is 3.00. The van der Waals surface area contributed by atoms with Gasteiger partial charge in [0.05, 0.1) is 13.2 Å². The van der Waals surface area contributed by atoms with Crippen molar-refractivity contribution < 1.29 is 28.3 Å². The predicted molar refractivity (Wildman–Crippen MR) is 140 cm³/mol. The Morgan fingerprint density at radius 2 is 2.11 bits per heavy atom. The van der Waals surface area contributed by atoms with Crippen molar-refractivity contribution in [1.82, 2.24) is 15.2 Å². The minimum Gasteiger partial charge on any atom is -0.488 e. The number of ether oxygens (including phenoxy) is 2. The molecule has 1 N–H and O–H groups in total. The smallest absolute Gasteiger partial charge is 0.332 e. The highest BCUT2D eigenvalue weighted by atomic mass is 16.5. The van der Waals surface area contributed by atoms with Gasteiger partial charge in [0.1, 0.15) is 29.0 Å². The molecule has 0 bridgehead atoms. The van der Waals surface area contributed by atoms with E-state index in [2.05, 4.69) is 16.4 Å². The van der Waals surface area contributed by atoms with E-state index in [0.717, 1.165) is 32.1 Å². The molecule has 2 aromatic rings. The maximum Gasteiger partial charge on any atom is 0.332 e. The quantitative estimate of drug-likeness (QED) is 0.475. The second-order valence-corrected chi connectivity index (χ2v) is 10.8. The maximum atomic E-state index is 13.7. The molecule has 5 rings (SSSR count). The summed E-state index contributed by atoms with van der Waals surface area (Å²) in [5.74, 6) is 0.0680. The Morgan fingerprint density at radius 1 is 1.26 bits per heavy atom. The van der Waals surface area contributed by atoms with Crippen LogP contribution in [0.3, 0.4) is 0 Å². The average Bonchev–Trinajstić information content (AvgIpc) is 3.21. The minimum absolute atomic E-state index is 0.0515. The summed E-state index contributed by atoms with van der Waals surface area (Å²) < 4.78 is 17.2. The molecule has 0 spiro atoms. The fourth-order valence-corrected chi connectivity index (χ4v) is 5.73. The molecule has 9 nitrogen and oxygen atoms in total. The Hall–Kier alpha value is -3.36. The van der Waals surface area contributed by atoms with Crippen LogP contribution in [0.5, 0.6) is 5.75 Å². The van der Waals surface area contributed by atoms with E-state index in [-0.39, 0.29) is 36.4 Å². The lowest BCUT2D eigenvalue weighted by atomic mass is 10.0. The van der Waals surface area contributed by atoms with Crippen LogP contribution in [0.4, 0.5) is 0 Å². The zero-order valence-corrected chi connectivity index (χ0v) is 22.4. The Morgan fingerprint density at radius 3 is 2.92 bits per heavy atom. The lowest BCUT2D eigenvalue weighted by Gasteiger charge is -2.28. The molecular weight excluding hydrogens is 486 g/mol. The number of hydrogen-bond donors (Lipinski definition) is 1. The van der Waals surface area contributed by atoms with Crippen LogP contribution < -0.4 is 10.1 Å². The number of benzene rings is 1. The van der Waals surface area contributed by atoms with E-state index >= 15 is 0 Å². The predicted octanol–water partition coefficient (Wildman–Crippen LogP) is 4.08. The zero-order valence-electron chi connectivity index (χ0n) is 22.4. The number of aryl methyl sites for hydroxylation is 1. The Balaban J connectivity index is 1.38. The summed E-state index contributed by atoms with van der Waals surface area (Å²) >= 11 is 0. The number of amides is 2. The SMILES string of the molecule is CCOC(=O)[C@@]12C[C@@H]1/C=C\CCCCC[C@H](C)C(=O)N1C[C@H](Oc3ccc4oc(C)nc4c3)C[C@H]1C(=O)N2. The van der Waals surface area contributed by atoms with E-state index in [1.807, 2.05) is 31.2 Å². The Kier molecular flexibility index (Phi) is 7.45. The number of allylic oxidation sites excluding steroid dienone is 1. The molecule has 2 aliphatic heterocycles. The first-order valence-corrected chi connectivity index (χ1v) is 13.8. The summed E-state index contributed by atoms with van der Waals surface area (Å²) in [4.78, 5) is 46.2. The van der Waals surface area contributed by atoms with E-state index in [1.54, 1.807) is 18.7 Å². The van der Waals surface area contributed by atoms with Gasteiger partial charge in [0.2, 0.25) is 11.8 Å². The molecule has 1 aromatic heterocycles. The van der Waals surface area contributed by atoms with E-state index in [1.165, 1.54) is 0 Å². The molecular formula is C29H37N3O6. The number of hydrogen-bond acceptors (Lipinski definition) is 7. The second kappa shape index (κ2) is 10.8. The fourth-order valence-electron chi connectivity index (χ4n) is 5.73. The van der Waals surface area contributed by atoms with Gasteiger partial charge in [0.25, 0.3) is 0 Å². The van der Waals surface area contributed by atoms with Crippen LogP contribution in [0.1, 0.15) is 64.7 Å². The molecule has 0 radical (unpaired) electrons. The van der Waals surface area contributed by atoms with Gasteiger partial charge in [-0.1, -0.05) is 31.9 Å². The van der Waals surface area contributed by atoms with Gasteiger partial charge in [-0.05, 0) is 44.7 Å². The molecule has 1 aliphatic carbocycles. The Labute approximate surface area is 222 Å². The van der Waals surface area contributed by atoms with E-state index in [4.69, 9.17) is 13.9 Å². The van der Waals surface area contributed by atoms with Crippen LogP contribution >= 0.6 is 0 Å². The van der Waals surface area contributed by atoms with Crippen LogP contribution in [0.25, 0.3) is 11.1 Å². The monoisotopic (exact) mass is 523 g/mol. The minimum atomic E-state index is -1.07. The normalized spacial score (nSPS) is 31.0. The third-order valence-corrected chi connectivity index (χ3v) is 7.92. The summed E-state index contributed by atoms with van der Waals surface area (Å²) in [6.45, 7) is 6.02. The van der Waals surface area contributed by atoms with Gasteiger partial charge in [-0.25, -0.2) is 9.78 Å². The number of nitrogens with zero attached hydrogens (tertiary/aromatic N) is 2. The molecule has 38 heavy (non-hydrogen) atoms. The first-order chi connectivity index (χ1) is 18.3. The van der Waals surface area contributed by atoms with E-state index < -0.39 is 17.6 Å². The third kappa shape index (κ3) is 5.28. The highest BCUT2D eigenvalue weighted by Crippen LogP contribution is 2.46. The topological polar surface area (TPSA) is 111 Å². The van der Waals surface area contributed by atoms with Crippen molar-refractivity contribution in [3.8, 4) is 5.75 Å². The number of carbonyl (C=O) groups is 3. The molecule has 5 atom stereocenters. The zero-order chi connectivity index (χ0) is 26.9. The molecule has 204 valence electrons. The second-order valence-electron chi connectivity index (χ2n) is 10.8. The molecule has 1 saturated heterocycles. The van der Waals surface area contributed by atoms with Gasteiger partial charge >= 0.3 is 5.97 Å². The van der Waals surface area contributed by atoms with Gasteiger partial charge in [-0.3, -0.25) is 9.59 Å². The summed E-state index contributed by atoms with van der Waals surface area (Å²) in [6.07, 6.45) is 9.30. The number of fused-ring (bicyclic) bond motifs is 3. The number of rotatable bonds is 4. The molecule has 1 aromatic carbocycles. The van der Waals surface area contributed by atoms with Gasteiger partial charge in [0.15, 0.2) is 11.5 Å². The van der Waals surface area contributed by atoms with Gasteiger partial charge in [-0.2, -0.15) is 0 Å². The molecule has 0 unspecified atom stereocenters. The van der Waals surface area contributed by atoms with Crippen molar-refractivity contribution in [1.29, 1.82) is 0 Å². The standard InChI is InChI=1S/C29H37N3O6/c1-4-36-28(35)29-16-20(29)11-9-7-5-6-8-10-18(2)27(34)32-17-22(15-24(32)26(33)31-29)38-21-12-13-25-23(14-21)30-19(3)37-25/h9,11-14,18,20,22,24H,4-8,10,15-17H2,1-3H3,(H,31,33)/b11-9-/t18-,20-,22+,24-,29+/m0/s1. The van der Waals surface area contributed by atoms with Crippen molar-refractivity contribution in [2.45, 2.75) is 83.4 Å². The summed E-state index contributed by atoms with van der Waals surface area (Å²) in [6, 6.07) is 4.70. The number of esters is 1. The van der Waals surface area contributed by atoms with Crippen molar-refractivity contribution in [2.24, 2.45) is 11.8 Å². The van der Waals surface area contributed by atoms with Crippen molar-refractivity contribution >= 4 is 28.9 Å². The van der Waals surface area contributed by atoms with Crippen molar-refractivity contribution in [3.63, 3.8) is 0 Å². The van der Waals surface area contributed by atoms with Crippen LogP contribution in [-0.2, 0) is 19.1 Å². The van der Waals surface area contributed by atoms with E-state index in [9.17, 15) is 14.4 Å². The molecule has 2 fully saturated rings. The molecule has 9 heteroatoms. The van der Waals surface area contributed by atoms with Crippen LogP contribution in [0.15, 0.2) is 34.8 Å². The first-order valence-electron chi connectivity index (χ1n) is 13.8. The lowest BCUT2D eigenvalue weighted by Crippen LogP contribution is -2.54. The molecule has 1 saturated carbocycles. The summed E-state index contributed by atoms with van der Waals surface area (Å²) in [7, 11) is 0. The molecule has 2 amide bonds. The highest BCUT2D eigenvalue weighted by molar-refractivity contribution is 5.95. The summed E-state index contributed by atoms with van der Waals surface area (Å²) in [5.41, 5.74) is 0.299. The van der Waals surface area contributed by atoms with Gasteiger partial charge in [-0.15, -0.1) is 0 Å². The first kappa shape index (κ1) is 26.3. The number of aromatic nitrogens is 1.